The molecule has 0 fully saturated rings. The van der Waals surface area contributed by atoms with Crippen molar-refractivity contribution in [2.45, 2.75) is 12.8 Å². The Labute approximate surface area is 100.0 Å². The summed E-state index contributed by atoms with van der Waals surface area (Å²) in [5, 5.41) is 0. The zero-order valence-electron chi connectivity index (χ0n) is 8.79. The Kier molecular flexibility index (Phi) is 7.27. The molecule has 0 bridgehead atoms. The van der Waals surface area contributed by atoms with Crippen molar-refractivity contribution in [3.05, 3.63) is 0 Å². The first kappa shape index (κ1) is 17.7. The maximum atomic E-state index is 11.0. The van der Waals surface area contributed by atoms with Crippen LogP contribution in [0.5, 0.6) is 0 Å². The maximum absolute atomic E-state index is 11.0. The molecule has 7 nitrogen and oxygen atoms in total. The first-order chi connectivity index (χ1) is 6.10. The smallest absolute Gasteiger partial charge is 0.776 e. The summed E-state index contributed by atoms with van der Waals surface area (Å²) in [6, 6.07) is 0. The van der Waals surface area contributed by atoms with Crippen molar-refractivity contribution < 1.29 is 50.2 Å². The summed E-state index contributed by atoms with van der Waals surface area (Å²) in [5.74, 6) is -3.07. The van der Waals surface area contributed by atoms with Gasteiger partial charge in [0.15, 0.2) is 19.2 Å². The van der Waals surface area contributed by atoms with Gasteiger partial charge in [0.1, 0.15) is 0 Å². The number of hydrogen-bond acceptors (Lipinski definition) is 7. The van der Waals surface area contributed by atoms with E-state index < -0.39 is 29.3 Å². The number of carbonyl (C=O) groups is 1. The van der Waals surface area contributed by atoms with Crippen LogP contribution in [0, 0.1) is 0 Å². The zero-order chi connectivity index (χ0) is 11.6. The first-order valence-electron chi connectivity index (χ1n) is 3.35. The Morgan fingerprint density at radius 3 is 2.07 bits per heavy atom. The SMILES string of the molecule is COP(=O)([O-])C(OS(C)(=O)=O)C(C)=O.[Li+]. The summed E-state index contributed by atoms with van der Waals surface area (Å²) in [6.45, 7) is 0.888. The molecule has 0 aliphatic rings. The van der Waals surface area contributed by atoms with Crippen LogP contribution in [0.4, 0.5) is 0 Å². The second kappa shape index (κ2) is 6.16. The second-order valence-electron chi connectivity index (χ2n) is 2.49. The molecule has 0 radical (unpaired) electrons. The Hall–Kier alpha value is 0.327. The quantitative estimate of drug-likeness (QED) is 0.279. The van der Waals surface area contributed by atoms with Crippen LogP contribution in [0.2, 0.25) is 0 Å². The minimum Gasteiger partial charge on any atom is -0.776 e. The van der Waals surface area contributed by atoms with Crippen molar-refractivity contribution in [2.75, 3.05) is 13.4 Å². The van der Waals surface area contributed by atoms with Crippen molar-refractivity contribution in [3.63, 3.8) is 0 Å². The molecular weight excluding hydrogens is 242 g/mol. The van der Waals surface area contributed by atoms with Crippen LogP contribution < -0.4 is 23.8 Å². The van der Waals surface area contributed by atoms with Crippen molar-refractivity contribution >= 4 is 23.5 Å². The van der Waals surface area contributed by atoms with Gasteiger partial charge in [-0.2, -0.15) is 8.42 Å². The van der Waals surface area contributed by atoms with Crippen LogP contribution in [0.25, 0.3) is 0 Å². The Morgan fingerprint density at radius 1 is 1.47 bits per heavy atom. The topological polar surface area (TPSA) is 110 Å². The van der Waals surface area contributed by atoms with E-state index in [1.807, 2.05) is 0 Å². The van der Waals surface area contributed by atoms with Crippen molar-refractivity contribution in [3.8, 4) is 0 Å². The van der Waals surface area contributed by atoms with Gasteiger partial charge in [-0.15, -0.1) is 0 Å². The largest absolute Gasteiger partial charge is 1.00 e. The van der Waals surface area contributed by atoms with Gasteiger partial charge in [0, 0.05) is 7.11 Å². The van der Waals surface area contributed by atoms with Gasteiger partial charge in [-0.3, -0.25) is 4.79 Å². The average Bonchev–Trinajstić information content (AvgIpc) is 1.98. The van der Waals surface area contributed by atoms with E-state index >= 15 is 0 Å². The van der Waals surface area contributed by atoms with Crippen molar-refractivity contribution in [2.24, 2.45) is 0 Å². The molecule has 0 saturated heterocycles. The third-order valence-corrected chi connectivity index (χ3v) is 3.39. The standard InChI is InChI=1S/C5H11O7PS.Li/c1-4(6)5(12-14(3,9)10)13(7,8)11-2;/h5H,1-3H3,(H,7,8);/q;+1/p-1. The Bertz CT molecular complexity index is 364. The van der Waals surface area contributed by atoms with Gasteiger partial charge in [0.05, 0.1) is 6.26 Å². The molecule has 0 heterocycles. The minimum absolute atomic E-state index is 0. The molecule has 0 spiro atoms. The Balaban J connectivity index is 0. The van der Waals surface area contributed by atoms with Crippen LogP contribution in [-0.2, 0) is 28.2 Å². The third-order valence-electron chi connectivity index (χ3n) is 1.16. The summed E-state index contributed by atoms with van der Waals surface area (Å²) in [4.78, 5) is 21.8. The number of ketones is 1. The van der Waals surface area contributed by atoms with E-state index in [0.717, 1.165) is 14.0 Å². The molecule has 0 N–H and O–H groups in total. The number of hydrogen-bond donors (Lipinski definition) is 0. The fourth-order valence-electron chi connectivity index (χ4n) is 0.604. The molecule has 0 saturated carbocycles. The molecule has 0 aromatic rings. The number of carbonyl (C=O) groups excluding carboxylic acids is 1. The van der Waals surface area contributed by atoms with E-state index in [1.165, 1.54) is 0 Å². The third kappa shape index (κ3) is 6.48. The molecule has 15 heavy (non-hydrogen) atoms. The van der Waals surface area contributed by atoms with Gasteiger partial charge < -0.3 is 14.0 Å². The summed E-state index contributed by atoms with van der Waals surface area (Å²) in [5.41, 5.74) is 0. The monoisotopic (exact) mass is 252 g/mol. The predicted octanol–water partition coefficient (Wildman–Crippen LogP) is -3.92. The van der Waals surface area contributed by atoms with Gasteiger partial charge in [-0.25, -0.2) is 4.18 Å². The van der Waals surface area contributed by atoms with Gasteiger partial charge in [0.2, 0.25) is 0 Å². The zero-order valence-corrected chi connectivity index (χ0v) is 10.5. The molecule has 0 aromatic heterocycles. The fraction of sp³-hybridized carbons (Fsp3) is 0.800. The van der Waals surface area contributed by atoms with E-state index in [1.54, 1.807) is 0 Å². The second-order valence-corrected chi connectivity index (χ2v) is 6.00. The van der Waals surface area contributed by atoms with Crippen LogP contribution in [0.1, 0.15) is 6.92 Å². The van der Waals surface area contributed by atoms with Crippen molar-refractivity contribution in [1.29, 1.82) is 0 Å². The van der Waals surface area contributed by atoms with Gasteiger partial charge in [-0.1, -0.05) is 0 Å². The summed E-state index contributed by atoms with van der Waals surface area (Å²) in [7, 11) is -7.86. The van der Waals surface area contributed by atoms with Crippen LogP contribution in [0.3, 0.4) is 0 Å². The molecular formula is C5H10LiO7PS. The Morgan fingerprint density at radius 2 is 1.87 bits per heavy atom. The number of rotatable bonds is 5. The molecule has 2 unspecified atom stereocenters. The summed E-state index contributed by atoms with van der Waals surface area (Å²) in [6.07, 6.45) is 0.638. The normalized spacial score (nSPS) is 17.3. The van der Waals surface area contributed by atoms with Crippen LogP contribution in [0.15, 0.2) is 0 Å². The molecule has 0 aromatic carbocycles. The van der Waals surface area contributed by atoms with Gasteiger partial charge >= 0.3 is 18.9 Å². The van der Waals surface area contributed by atoms with E-state index in [0.29, 0.717) is 6.26 Å². The fourth-order valence-corrected chi connectivity index (χ4v) is 2.60. The van der Waals surface area contributed by atoms with Crippen LogP contribution >= 0.6 is 7.60 Å². The molecule has 84 valence electrons. The molecule has 0 aliphatic heterocycles. The molecule has 0 amide bonds. The van der Waals surface area contributed by atoms with Gasteiger partial charge in [0.25, 0.3) is 10.1 Å². The number of Topliss-reactive ketones (excluding diaryl/α,β-unsaturated/α-hetero) is 1. The average molecular weight is 252 g/mol. The maximum Gasteiger partial charge on any atom is 1.00 e. The van der Waals surface area contributed by atoms with Crippen molar-refractivity contribution in [1.82, 2.24) is 0 Å². The van der Waals surface area contributed by atoms with Gasteiger partial charge in [-0.05, 0) is 6.92 Å². The van der Waals surface area contributed by atoms with E-state index in [4.69, 9.17) is 0 Å². The minimum atomic E-state index is -4.64. The summed E-state index contributed by atoms with van der Waals surface area (Å²) >= 11 is 0. The molecule has 10 heteroatoms. The summed E-state index contributed by atoms with van der Waals surface area (Å²) < 4.78 is 40.3. The molecule has 0 aliphatic carbocycles. The predicted molar refractivity (Wildman–Crippen MR) is 45.0 cm³/mol. The van der Waals surface area contributed by atoms with E-state index in [9.17, 15) is 22.7 Å². The van der Waals surface area contributed by atoms with E-state index in [-0.39, 0.29) is 18.9 Å². The van der Waals surface area contributed by atoms with Crippen LogP contribution in [-0.4, -0.2) is 33.4 Å². The molecule has 0 rings (SSSR count). The van der Waals surface area contributed by atoms with E-state index in [2.05, 4.69) is 8.71 Å². The molecule has 2 atom stereocenters. The first-order valence-corrected chi connectivity index (χ1v) is 6.78.